The van der Waals surface area contributed by atoms with Crippen LogP contribution >= 0.6 is 24.0 Å². The SMILES string of the molecule is CN=C(NCC1(c2cccc(F)c2)CCCCC1)NC(C)CCS(C)(=O)=O.I. The summed E-state index contributed by atoms with van der Waals surface area (Å²) in [5.74, 6) is 0.595. The summed E-state index contributed by atoms with van der Waals surface area (Å²) in [5.41, 5.74) is 0.934. The molecule has 1 saturated carbocycles. The average Bonchev–Trinajstić information content (AvgIpc) is 2.63. The fourth-order valence-electron chi connectivity index (χ4n) is 3.76. The Labute approximate surface area is 185 Å². The van der Waals surface area contributed by atoms with E-state index in [9.17, 15) is 12.8 Å². The van der Waals surface area contributed by atoms with Gasteiger partial charge in [-0.1, -0.05) is 31.4 Å². The summed E-state index contributed by atoms with van der Waals surface area (Å²) in [7, 11) is -1.27. The molecule has 1 atom stereocenters. The Bertz CT molecular complexity index is 750. The van der Waals surface area contributed by atoms with E-state index >= 15 is 0 Å². The molecule has 0 heterocycles. The van der Waals surface area contributed by atoms with Gasteiger partial charge < -0.3 is 10.6 Å². The minimum Gasteiger partial charge on any atom is -0.356 e. The topological polar surface area (TPSA) is 70.6 Å². The van der Waals surface area contributed by atoms with Gasteiger partial charge in [0.05, 0.1) is 5.75 Å². The van der Waals surface area contributed by atoms with Crippen LogP contribution in [0.25, 0.3) is 0 Å². The first-order valence-corrected chi connectivity index (χ1v) is 11.7. The third-order valence-corrected chi connectivity index (χ3v) is 6.35. The monoisotopic (exact) mass is 525 g/mol. The summed E-state index contributed by atoms with van der Waals surface area (Å²) in [4.78, 5) is 4.27. The molecule has 160 valence electrons. The fourth-order valence-corrected chi connectivity index (χ4v) is 4.54. The summed E-state index contributed by atoms with van der Waals surface area (Å²) >= 11 is 0. The predicted octanol–water partition coefficient (Wildman–Crippen LogP) is 3.63. The predicted molar refractivity (Wildman–Crippen MR) is 125 cm³/mol. The van der Waals surface area contributed by atoms with Crippen LogP contribution in [0.4, 0.5) is 4.39 Å². The van der Waals surface area contributed by atoms with E-state index in [0.29, 0.717) is 18.9 Å². The number of rotatable bonds is 7. The summed E-state index contributed by atoms with van der Waals surface area (Å²) in [6.07, 6.45) is 7.29. The van der Waals surface area contributed by atoms with Crippen LogP contribution in [0.3, 0.4) is 0 Å². The van der Waals surface area contributed by atoms with Crippen molar-refractivity contribution in [3.8, 4) is 0 Å². The molecule has 1 aliphatic carbocycles. The molecule has 28 heavy (non-hydrogen) atoms. The number of sulfone groups is 1. The van der Waals surface area contributed by atoms with E-state index in [-0.39, 0.29) is 47.0 Å². The summed E-state index contributed by atoms with van der Waals surface area (Å²) in [6.45, 7) is 2.62. The van der Waals surface area contributed by atoms with Crippen molar-refractivity contribution in [2.45, 2.75) is 56.9 Å². The molecule has 0 bridgehead atoms. The largest absolute Gasteiger partial charge is 0.356 e. The average molecular weight is 525 g/mol. The highest BCUT2D eigenvalue weighted by molar-refractivity contribution is 14.0. The van der Waals surface area contributed by atoms with E-state index in [0.717, 1.165) is 31.2 Å². The Hall–Kier alpha value is -0.900. The van der Waals surface area contributed by atoms with Crippen LogP contribution in [0, 0.1) is 5.82 Å². The molecule has 1 aromatic rings. The lowest BCUT2D eigenvalue weighted by Gasteiger charge is -2.38. The zero-order chi connectivity index (χ0) is 19.9. The third kappa shape index (κ3) is 7.85. The van der Waals surface area contributed by atoms with Crippen molar-refractivity contribution in [3.63, 3.8) is 0 Å². The van der Waals surface area contributed by atoms with Crippen molar-refractivity contribution in [1.29, 1.82) is 0 Å². The number of benzene rings is 1. The van der Waals surface area contributed by atoms with Crippen molar-refractivity contribution in [1.82, 2.24) is 10.6 Å². The second kappa shape index (κ2) is 11.3. The van der Waals surface area contributed by atoms with E-state index in [1.54, 1.807) is 19.2 Å². The molecular weight excluding hydrogens is 492 g/mol. The number of halogens is 2. The Balaban J connectivity index is 0.00000392. The van der Waals surface area contributed by atoms with Gasteiger partial charge in [0.1, 0.15) is 15.7 Å². The minimum atomic E-state index is -2.98. The number of hydrogen-bond donors (Lipinski definition) is 2. The second-order valence-corrected chi connectivity index (χ2v) is 10.0. The number of aliphatic imine (C=N–C) groups is 1. The fraction of sp³-hybridized carbons (Fsp3) is 0.650. The first kappa shape index (κ1) is 25.1. The molecule has 2 rings (SSSR count). The highest BCUT2D eigenvalue weighted by Crippen LogP contribution is 2.39. The maximum Gasteiger partial charge on any atom is 0.191 e. The van der Waals surface area contributed by atoms with Gasteiger partial charge in [-0.15, -0.1) is 24.0 Å². The Morgan fingerprint density at radius 3 is 2.54 bits per heavy atom. The molecule has 0 saturated heterocycles. The number of nitrogens with zero attached hydrogens (tertiary/aromatic N) is 1. The molecule has 0 amide bonds. The molecule has 1 aromatic carbocycles. The zero-order valence-electron chi connectivity index (χ0n) is 17.0. The Morgan fingerprint density at radius 2 is 1.96 bits per heavy atom. The van der Waals surface area contributed by atoms with Crippen LogP contribution in [0.2, 0.25) is 0 Å². The molecule has 0 aromatic heterocycles. The lowest BCUT2D eigenvalue weighted by Crippen LogP contribution is -2.48. The van der Waals surface area contributed by atoms with Crippen LogP contribution in [-0.4, -0.2) is 46.0 Å². The first-order valence-electron chi connectivity index (χ1n) is 9.65. The van der Waals surface area contributed by atoms with E-state index in [4.69, 9.17) is 0 Å². The van der Waals surface area contributed by atoms with E-state index in [1.165, 1.54) is 18.7 Å². The van der Waals surface area contributed by atoms with Gasteiger partial charge in [-0.3, -0.25) is 4.99 Å². The van der Waals surface area contributed by atoms with Crippen molar-refractivity contribution in [3.05, 3.63) is 35.6 Å². The van der Waals surface area contributed by atoms with Crippen molar-refractivity contribution in [2.24, 2.45) is 4.99 Å². The normalized spacial score (nSPS) is 18.1. The second-order valence-electron chi connectivity index (χ2n) is 7.74. The quantitative estimate of drug-likeness (QED) is 0.324. The molecular formula is C20H33FIN3O2S. The number of nitrogens with one attached hydrogen (secondary N) is 2. The lowest BCUT2D eigenvalue weighted by molar-refractivity contribution is 0.290. The number of hydrogen-bond acceptors (Lipinski definition) is 3. The zero-order valence-corrected chi connectivity index (χ0v) is 20.1. The Kier molecular flexibility index (Phi) is 10.2. The highest BCUT2D eigenvalue weighted by Gasteiger charge is 2.34. The van der Waals surface area contributed by atoms with E-state index in [2.05, 4.69) is 15.6 Å². The molecule has 5 nitrogen and oxygen atoms in total. The maximum absolute atomic E-state index is 13.8. The Morgan fingerprint density at radius 1 is 1.29 bits per heavy atom. The summed E-state index contributed by atoms with van der Waals surface area (Å²) < 4.78 is 36.5. The van der Waals surface area contributed by atoms with Gasteiger partial charge in [-0.05, 0) is 43.9 Å². The van der Waals surface area contributed by atoms with E-state index < -0.39 is 9.84 Å². The molecule has 0 aliphatic heterocycles. The third-order valence-electron chi connectivity index (χ3n) is 5.37. The molecule has 1 fully saturated rings. The van der Waals surface area contributed by atoms with Crippen LogP contribution in [0.15, 0.2) is 29.3 Å². The first-order chi connectivity index (χ1) is 12.7. The molecule has 1 unspecified atom stereocenters. The van der Waals surface area contributed by atoms with Gasteiger partial charge in [0.25, 0.3) is 0 Å². The molecule has 0 radical (unpaired) electrons. The van der Waals surface area contributed by atoms with Gasteiger partial charge in [-0.2, -0.15) is 0 Å². The molecule has 1 aliphatic rings. The molecule has 2 N–H and O–H groups in total. The van der Waals surface area contributed by atoms with Gasteiger partial charge in [-0.25, -0.2) is 12.8 Å². The highest BCUT2D eigenvalue weighted by atomic mass is 127. The van der Waals surface area contributed by atoms with Gasteiger partial charge in [0.2, 0.25) is 0 Å². The lowest BCUT2D eigenvalue weighted by atomic mass is 9.69. The van der Waals surface area contributed by atoms with Crippen LogP contribution in [-0.2, 0) is 15.3 Å². The summed E-state index contributed by atoms with van der Waals surface area (Å²) in [6, 6.07) is 6.92. The minimum absolute atomic E-state index is 0. The van der Waals surface area contributed by atoms with Crippen molar-refractivity contribution in [2.75, 3.05) is 25.6 Å². The van der Waals surface area contributed by atoms with Gasteiger partial charge >= 0.3 is 0 Å². The standard InChI is InChI=1S/C20H32FN3O2S.HI/c1-16(10-13-27(3,25)26)24-19(22-2)23-15-20(11-5-4-6-12-20)17-8-7-9-18(21)14-17;/h7-9,14,16H,4-6,10-13,15H2,1-3H3,(H2,22,23,24);1H. The van der Waals surface area contributed by atoms with Crippen LogP contribution < -0.4 is 10.6 Å². The van der Waals surface area contributed by atoms with Crippen molar-refractivity contribution < 1.29 is 12.8 Å². The molecule has 0 spiro atoms. The number of guanidine groups is 1. The van der Waals surface area contributed by atoms with Crippen molar-refractivity contribution >= 4 is 39.8 Å². The maximum atomic E-state index is 13.8. The summed E-state index contributed by atoms with van der Waals surface area (Å²) in [5, 5.41) is 6.65. The molecule has 8 heteroatoms. The van der Waals surface area contributed by atoms with Crippen LogP contribution in [0.1, 0.15) is 51.0 Å². The van der Waals surface area contributed by atoms with E-state index in [1.807, 2.05) is 13.0 Å². The smallest absolute Gasteiger partial charge is 0.191 e. The van der Waals surface area contributed by atoms with Crippen LogP contribution in [0.5, 0.6) is 0 Å². The van der Waals surface area contributed by atoms with Gasteiger partial charge in [0, 0.05) is 31.3 Å². The van der Waals surface area contributed by atoms with Gasteiger partial charge in [0.15, 0.2) is 5.96 Å².